The van der Waals surface area contributed by atoms with E-state index < -0.39 is 32.5 Å². The minimum absolute atomic E-state index is 0.0458. The van der Waals surface area contributed by atoms with Crippen molar-refractivity contribution in [3.8, 4) is 0 Å². The zero-order valence-electron chi connectivity index (χ0n) is 25.7. The number of quaternary nitrogens is 1. The van der Waals surface area contributed by atoms with Crippen molar-refractivity contribution >= 4 is 19.8 Å². The molecule has 0 radical (unpaired) electrons. The maximum absolute atomic E-state index is 12.1. The maximum atomic E-state index is 12.1. The second-order valence-electron chi connectivity index (χ2n) is 11.2. The summed E-state index contributed by atoms with van der Waals surface area (Å²) in [6.07, 6.45) is 21.8. The summed E-state index contributed by atoms with van der Waals surface area (Å²) in [6.45, 7) is 3.00. The molecule has 4 atom stereocenters. The summed E-state index contributed by atoms with van der Waals surface area (Å²) in [5.74, 6) is -1.11. The third kappa shape index (κ3) is 22.5. The van der Waals surface area contributed by atoms with Gasteiger partial charge in [-0.15, -0.1) is 0 Å². The van der Waals surface area contributed by atoms with Crippen molar-refractivity contribution in [3.63, 3.8) is 0 Å². The van der Waals surface area contributed by atoms with E-state index in [1.165, 1.54) is 32.6 Å². The lowest BCUT2D eigenvalue weighted by Gasteiger charge is -2.28. The number of nitrogens with zero attached hydrogens (tertiary/aromatic N) is 1. The molecule has 1 aliphatic rings. The van der Waals surface area contributed by atoms with Gasteiger partial charge < -0.3 is 32.6 Å². The average molecular weight is 602 g/mol. The van der Waals surface area contributed by atoms with Crippen LogP contribution in [0.3, 0.4) is 0 Å². The summed E-state index contributed by atoms with van der Waals surface area (Å²) in [5, 5.41) is 0. The first-order chi connectivity index (χ1) is 19.4. The van der Waals surface area contributed by atoms with Gasteiger partial charge in [0, 0.05) is 13.3 Å². The normalized spacial score (nSPS) is 19.6. The molecular weight excluding hydrogens is 549 g/mol. The quantitative estimate of drug-likeness (QED) is 0.0374. The largest absolute Gasteiger partial charge is 0.756 e. The number of carbonyl (C=O) groups is 2. The lowest BCUT2D eigenvalue weighted by molar-refractivity contribution is -0.870. The van der Waals surface area contributed by atoms with Crippen molar-refractivity contribution < 1.29 is 46.8 Å². The number of hydrogen-bond donors (Lipinski definition) is 0. The van der Waals surface area contributed by atoms with Crippen LogP contribution in [0.4, 0.5) is 0 Å². The zero-order chi connectivity index (χ0) is 30.6. The number of esters is 2. The van der Waals surface area contributed by atoms with Crippen molar-refractivity contribution in [1.82, 2.24) is 0 Å². The summed E-state index contributed by atoms with van der Waals surface area (Å²) < 4.78 is 38.0. The van der Waals surface area contributed by atoms with E-state index in [-0.39, 0.29) is 19.6 Å². The van der Waals surface area contributed by atoms with E-state index in [9.17, 15) is 19.0 Å². The molecule has 0 aromatic heterocycles. The highest BCUT2D eigenvalue weighted by Crippen LogP contribution is 2.38. The first kappa shape index (κ1) is 37.2. The molecule has 41 heavy (non-hydrogen) atoms. The number of ether oxygens (including phenoxy) is 3. The van der Waals surface area contributed by atoms with E-state index in [0.717, 1.165) is 25.7 Å². The van der Waals surface area contributed by atoms with Gasteiger partial charge in [0.2, 0.25) is 0 Å². The molecule has 0 aromatic rings. The number of epoxide rings is 1. The highest BCUT2D eigenvalue weighted by molar-refractivity contribution is 7.45. The minimum Gasteiger partial charge on any atom is -0.756 e. The van der Waals surface area contributed by atoms with Gasteiger partial charge in [-0.3, -0.25) is 14.2 Å². The molecule has 1 rings (SSSR count). The number of phosphoric ester groups is 1. The fourth-order valence-electron chi connectivity index (χ4n) is 3.74. The van der Waals surface area contributed by atoms with Gasteiger partial charge >= 0.3 is 11.9 Å². The Kier molecular flexibility index (Phi) is 19.0. The molecule has 236 valence electrons. The van der Waals surface area contributed by atoms with E-state index in [4.69, 9.17) is 23.3 Å². The van der Waals surface area contributed by atoms with E-state index in [0.29, 0.717) is 29.7 Å². The Hall–Kier alpha value is -1.81. The summed E-state index contributed by atoms with van der Waals surface area (Å²) in [5.41, 5.74) is 0. The number of phosphoric acid groups is 1. The lowest BCUT2D eigenvalue weighted by atomic mass is 10.1. The summed E-state index contributed by atoms with van der Waals surface area (Å²) in [4.78, 5) is 35.4. The third-order valence-corrected chi connectivity index (χ3v) is 7.10. The number of carbonyl (C=O) groups excluding carboxylic acids is 2. The highest BCUT2D eigenvalue weighted by atomic mass is 31.2. The molecule has 1 aliphatic heterocycles. The van der Waals surface area contributed by atoms with Crippen molar-refractivity contribution in [1.29, 1.82) is 0 Å². The van der Waals surface area contributed by atoms with Crippen LogP contribution in [0.2, 0.25) is 0 Å². The van der Waals surface area contributed by atoms with Crippen molar-refractivity contribution in [3.05, 3.63) is 36.5 Å². The Morgan fingerprint density at radius 2 is 1.63 bits per heavy atom. The highest BCUT2D eigenvalue weighted by Gasteiger charge is 2.36. The SMILES string of the molecule is CCCCCC1OC1C/C=C\C/C=C\C/C=C\CCCC(=O)OC[C@H](COP(=O)([O-])OCC[N+](C)(C)C)OC(C)=O. The van der Waals surface area contributed by atoms with Crippen LogP contribution < -0.4 is 4.89 Å². The number of likely N-dealkylation sites (N-methyl/N-ethyl adjacent to an activating group) is 1. The predicted molar refractivity (Wildman–Crippen MR) is 157 cm³/mol. The number of rotatable bonds is 24. The van der Waals surface area contributed by atoms with Crippen LogP contribution in [-0.2, 0) is 37.4 Å². The Morgan fingerprint density at radius 1 is 0.951 bits per heavy atom. The van der Waals surface area contributed by atoms with Gasteiger partial charge in [0.1, 0.15) is 19.8 Å². The van der Waals surface area contributed by atoms with Gasteiger partial charge in [-0.1, -0.05) is 62.6 Å². The van der Waals surface area contributed by atoms with Crippen LogP contribution in [-0.4, -0.2) is 82.2 Å². The molecule has 1 saturated heterocycles. The molecule has 0 N–H and O–H groups in total. The van der Waals surface area contributed by atoms with Gasteiger partial charge in [0.25, 0.3) is 7.82 Å². The Morgan fingerprint density at radius 3 is 2.29 bits per heavy atom. The van der Waals surface area contributed by atoms with Gasteiger partial charge in [0.05, 0.1) is 40.0 Å². The molecule has 0 spiro atoms. The molecule has 0 bridgehead atoms. The fraction of sp³-hybridized carbons (Fsp3) is 0.733. The van der Waals surface area contributed by atoms with Crippen LogP contribution in [0, 0.1) is 0 Å². The minimum atomic E-state index is -4.58. The van der Waals surface area contributed by atoms with Crippen molar-refractivity contribution in [2.45, 2.75) is 96.4 Å². The van der Waals surface area contributed by atoms with E-state index in [1.54, 1.807) is 0 Å². The van der Waals surface area contributed by atoms with Crippen LogP contribution in [0.15, 0.2) is 36.5 Å². The first-order valence-electron chi connectivity index (χ1n) is 14.8. The Labute approximate surface area is 246 Å². The molecule has 0 aliphatic carbocycles. The van der Waals surface area contributed by atoms with Gasteiger partial charge in [-0.25, -0.2) is 0 Å². The van der Waals surface area contributed by atoms with Crippen LogP contribution >= 0.6 is 7.82 Å². The fourth-order valence-corrected chi connectivity index (χ4v) is 4.47. The van der Waals surface area contributed by atoms with Crippen LogP contribution in [0.5, 0.6) is 0 Å². The third-order valence-electron chi connectivity index (χ3n) is 6.14. The second-order valence-corrected chi connectivity index (χ2v) is 12.6. The van der Waals surface area contributed by atoms with Gasteiger partial charge in [-0.2, -0.15) is 0 Å². The topological polar surface area (TPSA) is 124 Å². The number of allylic oxidation sites excluding steroid dienone is 5. The van der Waals surface area contributed by atoms with E-state index in [1.807, 2.05) is 27.2 Å². The second kappa shape index (κ2) is 21.0. The molecule has 11 heteroatoms. The summed E-state index contributed by atoms with van der Waals surface area (Å²) >= 11 is 0. The number of unbranched alkanes of at least 4 members (excludes halogenated alkanes) is 3. The smallest absolute Gasteiger partial charge is 0.305 e. The number of hydrogen-bond acceptors (Lipinski definition) is 9. The molecule has 10 nitrogen and oxygen atoms in total. The monoisotopic (exact) mass is 601 g/mol. The van der Waals surface area contributed by atoms with Crippen LogP contribution in [0.1, 0.15) is 78.1 Å². The Bertz CT molecular complexity index is 882. The molecule has 0 saturated carbocycles. The van der Waals surface area contributed by atoms with Gasteiger partial charge in [0.15, 0.2) is 6.10 Å². The average Bonchev–Trinajstić information content (AvgIpc) is 3.63. The molecule has 0 aromatic carbocycles. The van der Waals surface area contributed by atoms with Crippen LogP contribution in [0.25, 0.3) is 0 Å². The Balaban J connectivity index is 2.14. The molecular formula is C30H52NO9P. The predicted octanol–water partition coefficient (Wildman–Crippen LogP) is 5.03. The molecule has 3 unspecified atom stereocenters. The first-order valence-corrected chi connectivity index (χ1v) is 16.2. The summed E-state index contributed by atoms with van der Waals surface area (Å²) in [7, 11) is 1.11. The van der Waals surface area contributed by atoms with Gasteiger partial charge in [-0.05, 0) is 38.5 Å². The van der Waals surface area contributed by atoms with E-state index in [2.05, 4.69) is 37.3 Å². The van der Waals surface area contributed by atoms with Crippen molar-refractivity contribution in [2.75, 3.05) is 47.5 Å². The standard InChI is InChI=1S/C30H52NO9P/c1-6-7-16-19-28-29(40-28)20-17-14-12-10-8-9-11-13-15-18-21-30(33)36-24-27(39-26(2)32)25-38-41(34,35)37-23-22-31(3,4)5/h8,10-11,13-14,17,27-29H,6-7,9,12,15-16,18-25H2,1-5H3/b10-8-,13-11-,17-14-/t27-,28?,29?/m1/s1. The summed E-state index contributed by atoms with van der Waals surface area (Å²) in [6, 6.07) is 0. The molecule has 1 heterocycles. The molecule has 0 amide bonds. The maximum Gasteiger partial charge on any atom is 0.305 e. The zero-order valence-corrected chi connectivity index (χ0v) is 26.6. The van der Waals surface area contributed by atoms with E-state index >= 15 is 0 Å². The van der Waals surface area contributed by atoms with Crippen molar-refractivity contribution in [2.24, 2.45) is 0 Å². The lowest BCUT2D eigenvalue weighted by Crippen LogP contribution is -2.37. The molecule has 1 fully saturated rings.